The highest BCUT2D eigenvalue weighted by molar-refractivity contribution is 6.35. The van der Waals surface area contributed by atoms with E-state index < -0.39 is 0 Å². The summed E-state index contributed by atoms with van der Waals surface area (Å²) in [4.78, 5) is 12.4. The Bertz CT molecular complexity index is 798. The Balaban J connectivity index is 1.67. The van der Waals surface area contributed by atoms with Crippen molar-refractivity contribution < 1.29 is 13.9 Å². The van der Waals surface area contributed by atoms with E-state index in [1.807, 2.05) is 6.92 Å². The molecule has 0 fully saturated rings. The Hall–Kier alpha value is -1.65. The van der Waals surface area contributed by atoms with Gasteiger partial charge in [-0.05, 0) is 42.5 Å². The first kappa shape index (κ1) is 18.2. The van der Waals surface area contributed by atoms with Gasteiger partial charge >= 0.3 is 0 Å². The van der Waals surface area contributed by atoms with Gasteiger partial charge in [-0.25, -0.2) is 0 Å². The van der Waals surface area contributed by atoms with E-state index in [9.17, 15) is 4.79 Å². The molecule has 6 heteroatoms. The SMILES string of the molecule is Cc1coc2c1C(NC(=O)COc1ccc(Cl)cc1Cl)CC(C)(C)C2. The molecule has 0 saturated carbocycles. The zero-order valence-electron chi connectivity index (χ0n) is 14.5. The summed E-state index contributed by atoms with van der Waals surface area (Å²) in [6, 6.07) is 4.83. The van der Waals surface area contributed by atoms with E-state index in [-0.39, 0.29) is 24.0 Å². The highest BCUT2D eigenvalue weighted by Crippen LogP contribution is 2.42. The second-order valence-electron chi connectivity index (χ2n) is 7.28. The first-order valence-corrected chi connectivity index (χ1v) is 8.95. The minimum absolute atomic E-state index is 0.0651. The lowest BCUT2D eigenvalue weighted by atomic mass is 9.74. The van der Waals surface area contributed by atoms with Crippen molar-refractivity contribution in [2.75, 3.05) is 6.61 Å². The summed E-state index contributed by atoms with van der Waals surface area (Å²) < 4.78 is 11.2. The zero-order chi connectivity index (χ0) is 18.2. The van der Waals surface area contributed by atoms with Crippen LogP contribution in [0.3, 0.4) is 0 Å². The fraction of sp³-hybridized carbons (Fsp3) is 0.421. The summed E-state index contributed by atoms with van der Waals surface area (Å²) in [6.07, 6.45) is 3.49. The highest BCUT2D eigenvalue weighted by atomic mass is 35.5. The summed E-state index contributed by atoms with van der Waals surface area (Å²) in [5, 5.41) is 3.97. The molecule has 0 aliphatic heterocycles. The zero-order valence-corrected chi connectivity index (χ0v) is 16.0. The van der Waals surface area contributed by atoms with Crippen LogP contribution < -0.4 is 10.1 Å². The molecule has 1 aromatic heterocycles. The third-order valence-corrected chi connectivity index (χ3v) is 4.97. The quantitative estimate of drug-likeness (QED) is 0.800. The first-order chi connectivity index (χ1) is 11.7. The van der Waals surface area contributed by atoms with Crippen LogP contribution in [0.4, 0.5) is 0 Å². The van der Waals surface area contributed by atoms with Gasteiger partial charge in [0.2, 0.25) is 0 Å². The van der Waals surface area contributed by atoms with Gasteiger partial charge in [-0.15, -0.1) is 0 Å². The molecule has 0 spiro atoms. The van der Waals surface area contributed by atoms with E-state index in [4.69, 9.17) is 32.4 Å². The maximum absolute atomic E-state index is 12.4. The molecule has 25 heavy (non-hydrogen) atoms. The number of nitrogens with one attached hydrogen (secondary N) is 1. The van der Waals surface area contributed by atoms with E-state index in [2.05, 4.69) is 19.2 Å². The van der Waals surface area contributed by atoms with E-state index >= 15 is 0 Å². The molecule has 1 amide bonds. The molecule has 1 unspecified atom stereocenters. The van der Waals surface area contributed by atoms with Gasteiger partial charge in [0, 0.05) is 17.0 Å². The molecule has 0 radical (unpaired) electrons. The van der Waals surface area contributed by atoms with Gasteiger partial charge < -0.3 is 14.5 Å². The molecule has 0 bridgehead atoms. The van der Waals surface area contributed by atoms with Crippen LogP contribution in [0, 0.1) is 12.3 Å². The van der Waals surface area contributed by atoms with Gasteiger partial charge in [0.25, 0.3) is 5.91 Å². The molecule has 1 N–H and O–H groups in total. The lowest BCUT2D eigenvalue weighted by Crippen LogP contribution is -2.38. The number of fused-ring (bicyclic) bond motifs is 1. The van der Waals surface area contributed by atoms with Crippen LogP contribution in [0.15, 0.2) is 28.9 Å². The molecule has 1 aromatic carbocycles. The van der Waals surface area contributed by atoms with Crippen molar-refractivity contribution in [1.29, 1.82) is 0 Å². The van der Waals surface area contributed by atoms with Crippen molar-refractivity contribution in [3.05, 3.63) is 51.4 Å². The molecule has 2 aromatic rings. The van der Waals surface area contributed by atoms with Crippen molar-refractivity contribution in [3.63, 3.8) is 0 Å². The van der Waals surface area contributed by atoms with Crippen molar-refractivity contribution in [3.8, 4) is 5.75 Å². The van der Waals surface area contributed by atoms with Crippen molar-refractivity contribution in [2.45, 2.75) is 39.7 Å². The molecule has 134 valence electrons. The molecule has 3 rings (SSSR count). The second kappa shape index (κ2) is 6.93. The topological polar surface area (TPSA) is 51.5 Å². The van der Waals surface area contributed by atoms with Gasteiger partial charge in [0.1, 0.15) is 11.5 Å². The number of halogens is 2. The molecule has 4 nitrogen and oxygen atoms in total. The molecule has 1 heterocycles. The second-order valence-corrected chi connectivity index (χ2v) is 8.13. The molecule has 1 atom stereocenters. The minimum atomic E-state index is -0.194. The number of hydrogen-bond acceptors (Lipinski definition) is 3. The third kappa shape index (κ3) is 4.13. The monoisotopic (exact) mass is 381 g/mol. The Labute approximate surface area is 157 Å². The number of carbonyl (C=O) groups excluding carboxylic acids is 1. The van der Waals surface area contributed by atoms with Crippen molar-refractivity contribution >= 4 is 29.1 Å². The summed E-state index contributed by atoms with van der Waals surface area (Å²) >= 11 is 11.9. The summed E-state index contributed by atoms with van der Waals surface area (Å²) in [5.74, 6) is 1.20. The number of furan rings is 1. The lowest BCUT2D eigenvalue weighted by molar-refractivity contribution is -0.124. The molecular formula is C19H21Cl2NO3. The number of rotatable bonds is 4. The predicted octanol–water partition coefficient (Wildman–Crippen LogP) is 5.10. The maximum Gasteiger partial charge on any atom is 0.258 e. The predicted molar refractivity (Wildman–Crippen MR) is 98.4 cm³/mol. The summed E-state index contributed by atoms with van der Waals surface area (Å²) in [7, 11) is 0. The van der Waals surface area contributed by atoms with Crippen molar-refractivity contribution in [1.82, 2.24) is 5.32 Å². The van der Waals surface area contributed by atoms with Crippen LogP contribution in [-0.4, -0.2) is 12.5 Å². The lowest BCUT2D eigenvalue weighted by Gasteiger charge is -2.35. The largest absolute Gasteiger partial charge is 0.482 e. The fourth-order valence-corrected chi connectivity index (χ4v) is 3.83. The number of benzene rings is 1. The molecule has 1 aliphatic rings. The van der Waals surface area contributed by atoms with Crippen LogP contribution in [0.25, 0.3) is 0 Å². The average molecular weight is 382 g/mol. The fourth-order valence-electron chi connectivity index (χ4n) is 3.37. The Morgan fingerprint density at radius 2 is 2.16 bits per heavy atom. The molecule has 1 aliphatic carbocycles. The Morgan fingerprint density at radius 1 is 1.40 bits per heavy atom. The normalized spacial score (nSPS) is 18.5. The van der Waals surface area contributed by atoms with Gasteiger partial charge in [0.15, 0.2) is 6.61 Å². The van der Waals surface area contributed by atoms with Gasteiger partial charge in [0.05, 0.1) is 17.3 Å². The minimum Gasteiger partial charge on any atom is -0.482 e. The average Bonchev–Trinajstić information content (AvgIpc) is 2.86. The van der Waals surface area contributed by atoms with Gasteiger partial charge in [-0.2, -0.15) is 0 Å². The smallest absolute Gasteiger partial charge is 0.258 e. The number of amides is 1. The van der Waals surface area contributed by atoms with E-state index in [1.54, 1.807) is 24.5 Å². The third-order valence-electron chi connectivity index (χ3n) is 4.44. The van der Waals surface area contributed by atoms with E-state index in [1.165, 1.54) is 0 Å². The van der Waals surface area contributed by atoms with Crippen LogP contribution >= 0.6 is 23.2 Å². The van der Waals surface area contributed by atoms with Gasteiger partial charge in [-0.3, -0.25) is 4.79 Å². The number of ether oxygens (including phenoxy) is 1. The Kier molecular flexibility index (Phi) is 5.03. The van der Waals surface area contributed by atoms with Gasteiger partial charge in [-0.1, -0.05) is 37.0 Å². The highest BCUT2D eigenvalue weighted by Gasteiger charge is 2.36. The van der Waals surface area contributed by atoms with E-state index in [0.717, 1.165) is 29.7 Å². The summed E-state index contributed by atoms with van der Waals surface area (Å²) in [5.41, 5.74) is 2.23. The van der Waals surface area contributed by atoms with E-state index in [0.29, 0.717) is 15.8 Å². The standard InChI is InChI=1S/C19H21Cl2NO3/c1-11-9-24-16-8-19(2,3)7-14(18(11)16)22-17(23)10-25-15-5-4-12(20)6-13(15)21/h4-6,9,14H,7-8,10H2,1-3H3,(H,22,23). The van der Waals surface area contributed by atoms with Crippen LogP contribution in [0.2, 0.25) is 10.0 Å². The van der Waals surface area contributed by atoms with Crippen LogP contribution in [0.5, 0.6) is 5.75 Å². The molecule has 0 saturated heterocycles. The van der Waals surface area contributed by atoms with Crippen LogP contribution in [0.1, 0.15) is 43.2 Å². The number of carbonyl (C=O) groups is 1. The number of aryl methyl sites for hydroxylation is 1. The molecular weight excluding hydrogens is 361 g/mol. The van der Waals surface area contributed by atoms with Crippen molar-refractivity contribution in [2.24, 2.45) is 5.41 Å². The number of hydrogen-bond donors (Lipinski definition) is 1. The Morgan fingerprint density at radius 3 is 2.88 bits per heavy atom. The summed E-state index contributed by atoms with van der Waals surface area (Å²) in [6.45, 7) is 6.25. The van der Waals surface area contributed by atoms with Crippen LogP contribution in [-0.2, 0) is 11.2 Å². The first-order valence-electron chi connectivity index (χ1n) is 8.19. The maximum atomic E-state index is 12.4.